The fourth-order valence-corrected chi connectivity index (χ4v) is 1.02. The van der Waals surface area contributed by atoms with Crippen molar-refractivity contribution in [2.24, 2.45) is 5.73 Å². The number of ether oxygens (including phenoxy) is 1. The molecule has 90 valence electrons. The Labute approximate surface area is 91.8 Å². The first-order valence-electron chi connectivity index (χ1n) is 4.27. The zero-order valence-corrected chi connectivity index (χ0v) is 8.78. The van der Waals surface area contributed by atoms with E-state index in [4.69, 9.17) is 20.1 Å². The van der Waals surface area contributed by atoms with Crippen LogP contribution in [0.5, 0.6) is 0 Å². The second-order valence-corrected chi connectivity index (χ2v) is 3.34. The van der Waals surface area contributed by atoms with Crippen molar-refractivity contribution >= 4 is 17.3 Å². The predicted molar refractivity (Wildman–Crippen MR) is 54.5 cm³/mol. The number of aliphatic hydroxyl groups is 3. The molecule has 1 aliphatic rings. The third kappa shape index (κ3) is 5.80. The number of nitrogens with two attached hydrogens (primary N) is 1. The highest BCUT2D eigenvalue weighted by Gasteiger charge is 2.30. The van der Waals surface area contributed by atoms with Crippen LogP contribution in [0.2, 0.25) is 0 Å². The zero-order valence-electron chi connectivity index (χ0n) is 7.97. The number of hydrogen-bond donors (Lipinski definition) is 5. The molecule has 3 atom stereocenters. The van der Waals surface area contributed by atoms with Gasteiger partial charge in [-0.05, 0) is 18.6 Å². The Morgan fingerprint density at radius 2 is 2.13 bits per heavy atom. The van der Waals surface area contributed by atoms with Crippen LogP contribution in [0.15, 0.2) is 0 Å². The van der Waals surface area contributed by atoms with Gasteiger partial charge in [0.1, 0.15) is 12.2 Å². The molecule has 1 fully saturated rings. The van der Waals surface area contributed by atoms with Crippen LogP contribution in [0.3, 0.4) is 0 Å². The van der Waals surface area contributed by atoms with Crippen LogP contribution >= 0.6 is 12.2 Å². The first-order valence-corrected chi connectivity index (χ1v) is 4.68. The van der Waals surface area contributed by atoms with Gasteiger partial charge < -0.3 is 25.8 Å². The summed E-state index contributed by atoms with van der Waals surface area (Å²) in [5.41, 5.74) is 5.57. The van der Waals surface area contributed by atoms with Crippen LogP contribution in [0, 0.1) is 0 Å². The van der Waals surface area contributed by atoms with E-state index in [0.717, 1.165) is 5.54 Å². The molecule has 1 saturated heterocycles. The smallest absolute Gasteiger partial charge is 0.192 e. The largest absolute Gasteiger partial charge is 0.394 e. The highest BCUT2D eigenvalue weighted by Crippen LogP contribution is 2.13. The van der Waals surface area contributed by atoms with Gasteiger partial charge in [0, 0.05) is 6.61 Å². The summed E-state index contributed by atoms with van der Waals surface area (Å²) in [7, 11) is 0. The monoisotopic (exact) mass is 242 g/mol. The van der Waals surface area contributed by atoms with E-state index in [0.29, 0.717) is 13.0 Å². The highest BCUT2D eigenvalue weighted by molar-refractivity contribution is 7.80. The van der Waals surface area contributed by atoms with Crippen molar-refractivity contribution in [3.63, 3.8) is 0 Å². The topological polar surface area (TPSA) is 108 Å². The van der Waals surface area contributed by atoms with E-state index in [1.54, 1.807) is 0 Å². The maximum atomic E-state index is 10.6. The summed E-state index contributed by atoms with van der Waals surface area (Å²) in [5, 5.41) is 26.4. The van der Waals surface area contributed by atoms with Gasteiger partial charge >= 0.3 is 0 Å². The molecule has 0 aromatic heterocycles. The standard InChI is InChI=1S/C6H12O4.CH3FN2S/c7-3-5-6(9)4(8)1-2-10-5;2-4-1(3)5/h4-9H,1-3H2;(H3,3,4,5). The van der Waals surface area contributed by atoms with Crippen LogP contribution in [0.1, 0.15) is 6.42 Å². The minimum absolute atomic E-state index is 0.238. The third-order valence-electron chi connectivity index (χ3n) is 1.79. The summed E-state index contributed by atoms with van der Waals surface area (Å²) in [6.45, 7) is 0.168. The van der Waals surface area contributed by atoms with E-state index >= 15 is 0 Å². The molecular formula is C7H15FN2O4S. The van der Waals surface area contributed by atoms with Crippen molar-refractivity contribution in [3.05, 3.63) is 0 Å². The van der Waals surface area contributed by atoms with E-state index in [1.807, 2.05) is 0 Å². The van der Waals surface area contributed by atoms with Gasteiger partial charge in [0.25, 0.3) is 0 Å². The van der Waals surface area contributed by atoms with Crippen LogP contribution < -0.4 is 11.3 Å². The zero-order chi connectivity index (χ0) is 11.8. The van der Waals surface area contributed by atoms with Crippen molar-refractivity contribution in [2.75, 3.05) is 13.2 Å². The molecule has 1 heterocycles. The van der Waals surface area contributed by atoms with Crippen LogP contribution in [-0.2, 0) is 4.74 Å². The Bertz CT molecular complexity index is 198. The molecule has 0 aromatic carbocycles. The highest BCUT2D eigenvalue weighted by atomic mass is 32.1. The molecule has 0 amide bonds. The number of hydrogen-bond acceptors (Lipinski definition) is 5. The molecule has 6 N–H and O–H groups in total. The van der Waals surface area contributed by atoms with Crippen LogP contribution in [0.4, 0.5) is 4.48 Å². The predicted octanol–water partition coefficient (Wildman–Crippen LogP) is -1.81. The molecule has 0 bridgehead atoms. The molecule has 6 nitrogen and oxygen atoms in total. The van der Waals surface area contributed by atoms with Gasteiger partial charge in [-0.25, -0.2) is 0 Å². The lowest BCUT2D eigenvalue weighted by atomic mass is 10.0. The summed E-state index contributed by atoms with van der Waals surface area (Å²) < 4.78 is 15.5. The Morgan fingerprint density at radius 1 is 1.60 bits per heavy atom. The minimum Gasteiger partial charge on any atom is -0.394 e. The summed E-state index contributed by atoms with van der Waals surface area (Å²) in [5.74, 6) is 0. The van der Waals surface area contributed by atoms with Gasteiger partial charge in [-0.2, -0.15) is 5.54 Å². The number of nitrogens with one attached hydrogen (secondary N) is 1. The van der Waals surface area contributed by atoms with Gasteiger partial charge in [0.05, 0.1) is 12.7 Å². The second-order valence-electron chi connectivity index (χ2n) is 2.90. The van der Waals surface area contributed by atoms with Crippen molar-refractivity contribution in [1.29, 1.82) is 0 Å². The molecule has 3 unspecified atom stereocenters. The molecule has 8 heteroatoms. The Balaban J connectivity index is 0.000000336. The summed E-state index contributed by atoms with van der Waals surface area (Å²) in [6.07, 6.45) is -1.84. The summed E-state index contributed by atoms with van der Waals surface area (Å²) in [4.78, 5) is 0. The Hall–Kier alpha value is -0.540. The van der Waals surface area contributed by atoms with Crippen molar-refractivity contribution in [3.8, 4) is 0 Å². The lowest BCUT2D eigenvalue weighted by Crippen LogP contribution is -2.46. The lowest BCUT2D eigenvalue weighted by Gasteiger charge is -2.30. The van der Waals surface area contributed by atoms with Gasteiger partial charge in [-0.1, -0.05) is 0 Å². The molecule has 0 aliphatic carbocycles. The number of halogens is 1. The number of rotatable bonds is 1. The lowest BCUT2D eigenvalue weighted by molar-refractivity contribution is -0.147. The minimum atomic E-state index is -0.932. The van der Waals surface area contributed by atoms with E-state index in [2.05, 4.69) is 18.0 Å². The molecular weight excluding hydrogens is 227 g/mol. The maximum Gasteiger partial charge on any atom is 0.192 e. The summed E-state index contributed by atoms with van der Waals surface area (Å²) in [6, 6.07) is 0. The van der Waals surface area contributed by atoms with E-state index in [9.17, 15) is 4.48 Å². The van der Waals surface area contributed by atoms with Gasteiger partial charge in [0.2, 0.25) is 0 Å². The van der Waals surface area contributed by atoms with Gasteiger partial charge in [-0.15, -0.1) is 4.48 Å². The average Bonchev–Trinajstić information content (AvgIpc) is 2.23. The molecule has 0 saturated carbocycles. The van der Waals surface area contributed by atoms with E-state index in [-0.39, 0.29) is 11.7 Å². The molecule has 0 spiro atoms. The normalized spacial score (nSPS) is 30.0. The number of thiocarbonyl (C=S) groups is 1. The van der Waals surface area contributed by atoms with Gasteiger partial charge in [-0.3, -0.25) is 0 Å². The third-order valence-corrected chi connectivity index (χ3v) is 1.87. The van der Waals surface area contributed by atoms with Crippen LogP contribution in [-0.4, -0.2) is 52.0 Å². The van der Waals surface area contributed by atoms with Gasteiger partial charge in [0.15, 0.2) is 5.11 Å². The van der Waals surface area contributed by atoms with E-state index < -0.39 is 18.3 Å². The number of aliphatic hydroxyl groups excluding tert-OH is 3. The average molecular weight is 242 g/mol. The fourth-order valence-electron chi connectivity index (χ4n) is 1.02. The SMILES string of the molecule is NC(=S)NF.OCC1OCCC(O)C1O. The fraction of sp³-hybridized carbons (Fsp3) is 0.857. The van der Waals surface area contributed by atoms with Crippen molar-refractivity contribution in [2.45, 2.75) is 24.7 Å². The first-order chi connectivity index (χ1) is 7.02. The van der Waals surface area contributed by atoms with Crippen LogP contribution in [0.25, 0.3) is 0 Å². The second kappa shape index (κ2) is 7.71. The molecule has 1 aliphatic heterocycles. The summed E-state index contributed by atoms with van der Waals surface area (Å²) >= 11 is 3.99. The van der Waals surface area contributed by atoms with Crippen molar-refractivity contribution in [1.82, 2.24) is 5.54 Å². The molecule has 1 rings (SSSR count). The first kappa shape index (κ1) is 14.5. The molecule has 0 radical (unpaired) electrons. The molecule has 15 heavy (non-hydrogen) atoms. The quantitative estimate of drug-likeness (QED) is 0.272. The molecule has 0 aromatic rings. The Morgan fingerprint density at radius 3 is 2.47 bits per heavy atom. The Kier molecular flexibility index (Phi) is 7.44. The van der Waals surface area contributed by atoms with E-state index in [1.165, 1.54) is 0 Å². The van der Waals surface area contributed by atoms with Crippen molar-refractivity contribution < 1.29 is 24.5 Å². The maximum absolute atomic E-state index is 10.6.